The zero-order valence-corrected chi connectivity index (χ0v) is 18.6. The van der Waals surface area contributed by atoms with Crippen LogP contribution in [0.5, 0.6) is 5.75 Å². The van der Waals surface area contributed by atoms with Crippen molar-refractivity contribution in [1.82, 2.24) is 14.5 Å². The number of fused-ring (bicyclic) bond motifs is 3. The van der Waals surface area contributed by atoms with E-state index < -0.39 is 0 Å². The largest absolute Gasteiger partial charge is 0.511 e. The van der Waals surface area contributed by atoms with Crippen molar-refractivity contribution in [3.8, 4) is 5.75 Å². The van der Waals surface area contributed by atoms with Crippen LogP contribution in [0.2, 0.25) is 0 Å². The van der Waals surface area contributed by atoms with Crippen molar-refractivity contribution in [1.29, 1.82) is 0 Å². The molecule has 0 saturated carbocycles. The number of nitrogens with zero attached hydrogens (tertiary/aromatic N) is 3. The maximum absolute atomic E-state index is 13.0. The number of hydrogen-bond donors (Lipinski definition) is 2. The molecule has 1 aromatic heterocycles. The molecule has 32 heavy (non-hydrogen) atoms. The average molecular weight is 455 g/mol. The van der Waals surface area contributed by atoms with Crippen LogP contribution in [-0.4, -0.2) is 51.7 Å². The fourth-order valence-corrected chi connectivity index (χ4v) is 4.32. The van der Waals surface area contributed by atoms with Crippen molar-refractivity contribution in [3.63, 3.8) is 0 Å². The van der Waals surface area contributed by atoms with E-state index in [1.807, 2.05) is 53.1 Å². The Morgan fingerprint density at radius 3 is 2.59 bits per heavy atom. The van der Waals surface area contributed by atoms with Gasteiger partial charge in [0, 0.05) is 25.2 Å². The van der Waals surface area contributed by atoms with E-state index in [1.165, 1.54) is 12.8 Å². The second kappa shape index (κ2) is 9.63. The van der Waals surface area contributed by atoms with E-state index in [1.54, 1.807) is 0 Å². The lowest BCUT2D eigenvalue weighted by molar-refractivity contribution is -0.111. The van der Waals surface area contributed by atoms with E-state index in [0.717, 1.165) is 36.4 Å². The highest BCUT2D eigenvalue weighted by Gasteiger charge is 2.28. The lowest BCUT2D eigenvalue weighted by Crippen LogP contribution is -2.25. The van der Waals surface area contributed by atoms with Gasteiger partial charge in [0.2, 0.25) is 0 Å². The van der Waals surface area contributed by atoms with E-state index in [2.05, 4.69) is 15.2 Å². The minimum atomic E-state index is -0.364. The number of carbonyl (C=O) groups excluding carboxylic acids is 1. The van der Waals surface area contributed by atoms with E-state index in [9.17, 15) is 9.90 Å². The van der Waals surface area contributed by atoms with Gasteiger partial charge in [-0.25, -0.2) is 4.98 Å². The fraction of sp³-hybridized carbons (Fsp3) is 0.333. The number of imidazole rings is 1. The molecular weight excluding hydrogens is 428 g/mol. The summed E-state index contributed by atoms with van der Waals surface area (Å²) in [6.07, 6.45) is 2.95. The molecule has 1 fully saturated rings. The summed E-state index contributed by atoms with van der Waals surface area (Å²) < 4.78 is 7.81. The van der Waals surface area contributed by atoms with Gasteiger partial charge in [-0.15, -0.1) is 12.4 Å². The van der Waals surface area contributed by atoms with Crippen LogP contribution in [0.25, 0.3) is 16.6 Å². The van der Waals surface area contributed by atoms with Gasteiger partial charge in [-0.1, -0.05) is 12.1 Å². The van der Waals surface area contributed by atoms with Crippen molar-refractivity contribution in [2.45, 2.75) is 25.8 Å². The molecule has 5 rings (SSSR count). The Labute approximate surface area is 193 Å². The summed E-state index contributed by atoms with van der Waals surface area (Å²) in [7, 11) is 0. The molecule has 0 bridgehead atoms. The number of aryl methyl sites for hydroxylation is 1. The molecule has 8 heteroatoms. The number of anilines is 1. The van der Waals surface area contributed by atoms with Gasteiger partial charge in [-0.05, 0) is 62.3 Å². The number of allylic oxidation sites excluding steroid dienone is 1. The van der Waals surface area contributed by atoms with Gasteiger partial charge in [0.1, 0.15) is 29.5 Å². The van der Waals surface area contributed by atoms with Crippen LogP contribution in [0.4, 0.5) is 5.69 Å². The van der Waals surface area contributed by atoms with Gasteiger partial charge in [0.25, 0.3) is 5.91 Å². The molecule has 2 aromatic carbocycles. The SMILES string of the molecule is Cl.O=C(Nc1ccc(OCCN2CCCC2)cc1)C1=C(O)CCn2c1nc1ccccc12. The second-order valence-corrected chi connectivity index (χ2v) is 8.02. The Kier molecular flexibility index (Phi) is 6.67. The number of carbonyl (C=O) groups is 1. The van der Waals surface area contributed by atoms with Crippen LogP contribution >= 0.6 is 12.4 Å². The number of aliphatic hydroxyl groups excluding tert-OH is 1. The number of likely N-dealkylation sites (tertiary alicyclic amines) is 1. The maximum Gasteiger partial charge on any atom is 0.262 e. The highest BCUT2D eigenvalue weighted by molar-refractivity contribution is 6.25. The number of ether oxygens (including phenoxy) is 1. The molecule has 3 heterocycles. The van der Waals surface area contributed by atoms with E-state index in [4.69, 9.17) is 4.74 Å². The molecule has 3 aromatic rings. The maximum atomic E-state index is 13.0. The van der Waals surface area contributed by atoms with Crippen molar-refractivity contribution >= 4 is 40.6 Å². The summed E-state index contributed by atoms with van der Waals surface area (Å²) in [5.41, 5.74) is 2.65. The van der Waals surface area contributed by atoms with Gasteiger partial charge < -0.3 is 19.7 Å². The first kappa shape index (κ1) is 22.2. The Morgan fingerprint density at radius 2 is 1.81 bits per heavy atom. The highest BCUT2D eigenvalue weighted by atomic mass is 35.5. The summed E-state index contributed by atoms with van der Waals surface area (Å²) in [5, 5.41) is 13.3. The molecule has 0 unspecified atom stereocenters. The lowest BCUT2D eigenvalue weighted by atomic mass is 10.1. The Bertz CT molecular complexity index is 1130. The number of rotatable bonds is 6. The molecular formula is C24H27ClN4O3. The predicted molar refractivity (Wildman–Crippen MR) is 127 cm³/mol. The van der Waals surface area contributed by atoms with Gasteiger partial charge in [0.05, 0.1) is 11.0 Å². The van der Waals surface area contributed by atoms with Crippen LogP contribution in [0.15, 0.2) is 54.3 Å². The van der Waals surface area contributed by atoms with Crippen LogP contribution in [0, 0.1) is 0 Å². The molecule has 0 spiro atoms. The summed E-state index contributed by atoms with van der Waals surface area (Å²) >= 11 is 0. The molecule has 1 saturated heterocycles. The van der Waals surface area contributed by atoms with Crippen molar-refractivity contribution < 1.29 is 14.6 Å². The predicted octanol–water partition coefficient (Wildman–Crippen LogP) is 4.24. The first-order valence-corrected chi connectivity index (χ1v) is 10.8. The van der Waals surface area contributed by atoms with Gasteiger partial charge >= 0.3 is 0 Å². The minimum Gasteiger partial charge on any atom is -0.511 e. The van der Waals surface area contributed by atoms with Crippen LogP contribution in [-0.2, 0) is 11.3 Å². The number of aromatic nitrogens is 2. The van der Waals surface area contributed by atoms with Gasteiger partial charge in [0.15, 0.2) is 0 Å². The molecule has 2 aliphatic heterocycles. The molecule has 0 atom stereocenters. The first-order valence-electron chi connectivity index (χ1n) is 10.8. The molecule has 0 radical (unpaired) electrons. The number of amides is 1. The fourth-order valence-electron chi connectivity index (χ4n) is 4.32. The highest BCUT2D eigenvalue weighted by Crippen LogP contribution is 2.30. The topological polar surface area (TPSA) is 79.6 Å². The second-order valence-electron chi connectivity index (χ2n) is 8.02. The molecule has 2 N–H and O–H groups in total. The van der Waals surface area contributed by atoms with Crippen LogP contribution in [0.1, 0.15) is 25.1 Å². The number of para-hydroxylation sites is 2. The monoisotopic (exact) mass is 454 g/mol. The number of halogens is 1. The van der Waals surface area contributed by atoms with Crippen molar-refractivity contribution in [2.75, 3.05) is 31.6 Å². The van der Waals surface area contributed by atoms with E-state index in [0.29, 0.717) is 31.1 Å². The van der Waals surface area contributed by atoms with Gasteiger partial charge in [-0.2, -0.15) is 0 Å². The molecule has 168 valence electrons. The van der Waals surface area contributed by atoms with Gasteiger partial charge in [-0.3, -0.25) is 9.69 Å². The minimum absolute atomic E-state index is 0. The van der Waals surface area contributed by atoms with E-state index in [-0.39, 0.29) is 29.6 Å². The van der Waals surface area contributed by atoms with Crippen molar-refractivity contribution in [3.05, 3.63) is 60.1 Å². The zero-order valence-electron chi connectivity index (χ0n) is 17.8. The summed E-state index contributed by atoms with van der Waals surface area (Å²) in [4.78, 5) is 20.0. The first-order chi connectivity index (χ1) is 15.2. The zero-order chi connectivity index (χ0) is 21.2. The van der Waals surface area contributed by atoms with Crippen LogP contribution in [0.3, 0.4) is 0 Å². The number of hydrogen-bond acceptors (Lipinski definition) is 5. The summed E-state index contributed by atoms with van der Waals surface area (Å²) in [6.45, 7) is 4.51. The molecule has 0 aliphatic carbocycles. The van der Waals surface area contributed by atoms with E-state index >= 15 is 0 Å². The number of benzene rings is 2. The summed E-state index contributed by atoms with van der Waals surface area (Å²) in [6, 6.07) is 15.1. The molecule has 2 aliphatic rings. The normalized spacial score (nSPS) is 16.0. The molecule has 7 nitrogen and oxygen atoms in total. The standard InChI is InChI=1S/C24H26N4O3.ClH/c29-21-11-14-28-20-6-2-1-5-19(20)26-23(28)22(21)24(30)25-17-7-9-18(10-8-17)31-16-15-27-12-3-4-13-27;/h1-2,5-10,29H,3-4,11-16H2,(H,25,30);1H. The Balaban J connectivity index is 0.00000245. The lowest BCUT2D eigenvalue weighted by Gasteiger charge is -2.18. The Hall–Kier alpha value is -3.03. The Morgan fingerprint density at radius 1 is 1.06 bits per heavy atom. The van der Waals surface area contributed by atoms with Crippen LogP contribution < -0.4 is 10.1 Å². The quantitative estimate of drug-likeness (QED) is 0.582. The number of nitrogens with one attached hydrogen (secondary N) is 1. The smallest absolute Gasteiger partial charge is 0.262 e. The number of aliphatic hydroxyl groups is 1. The third-order valence-corrected chi connectivity index (χ3v) is 5.95. The average Bonchev–Trinajstić information content (AvgIpc) is 3.42. The third kappa shape index (κ3) is 4.45. The summed E-state index contributed by atoms with van der Waals surface area (Å²) in [5.74, 6) is 0.988. The van der Waals surface area contributed by atoms with Crippen molar-refractivity contribution in [2.24, 2.45) is 0 Å². The molecule has 1 amide bonds. The third-order valence-electron chi connectivity index (χ3n) is 5.95.